The maximum Gasteiger partial charge on any atom is 0.340 e. The third kappa shape index (κ3) is 4.00. The van der Waals surface area contributed by atoms with Crippen molar-refractivity contribution in [2.24, 2.45) is 0 Å². The molecule has 3 rings (SSSR count). The number of hydrogen-bond donors (Lipinski definition) is 0. The Morgan fingerprint density at radius 1 is 1.15 bits per heavy atom. The molecule has 3 aromatic rings. The van der Waals surface area contributed by atoms with E-state index < -0.39 is 11.6 Å². The summed E-state index contributed by atoms with van der Waals surface area (Å²) in [6.45, 7) is 3.84. The molecular weight excluding hydrogens is 351 g/mol. The lowest BCUT2D eigenvalue weighted by atomic mass is 10.0. The highest BCUT2D eigenvalue weighted by Crippen LogP contribution is 2.31. The number of methoxy groups -OCH3 is 1. The standard InChI is InChI=1S/C21H19FO5/c1-12-8-17(26-11-14-4-6-15(22)7-5-14)20-13(2)16(10-19(23)25-3)21(24)27-18(20)9-12/h4-9H,10-11H2,1-3H3. The van der Waals surface area contributed by atoms with Gasteiger partial charge in [0.25, 0.3) is 0 Å². The van der Waals surface area contributed by atoms with Gasteiger partial charge in [0, 0.05) is 0 Å². The van der Waals surface area contributed by atoms with E-state index in [1.165, 1.54) is 19.2 Å². The number of benzene rings is 2. The Labute approximate surface area is 155 Å². The second-order valence-corrected chi connectivity index (χ2v) is 6.30. The molecule has 0 fully saturated rings. The lowest BCUT2D eigenvalue weighted by Gasteiger charge is -2.14. The van der Waals surface area contributed by atoms with E-state index in [4.69, 9.17) is 9.15 Å². The van der Waals surface area contributed by atoms with E-state index in [1.807, 2.05) is 13.0 Å². The van der Waals surface area contributed by atoms with Crippen molar-refractivity contribution in [3.63, 3.8) is 0 Å². The van der Waals surface area contributed by atoms with E-state index in [9.17, 15) is 14.0 Å². The highest BCUT2D eigenvalue weighted by Gasteiger charge is 2.18. The molecule has 0 unspecified atom stereocenters. The van der Waals surface area contributed by atoms with Crippen molar-refractivity contribution >= 4 is 16.9 Å². The molecule has 0 bridgehead atoms. The number of fused-ring (bicyclic) bond motifs is 1. The van der Waals surface area contributed by atoms with Gasteiger partial charge in [0.1, 0.15) is 23.8 Å². The van der Waals surface area contributed by atoms with Gasteiger partial charge in [-0.05, 0) is 54.8 Å². The van der Waals surface area contributed by atoms with Crippen LogP contribution in [0.4, 0.5) is 4.39 Å². The minimum Gasteiger partial charge on any atom is -0.488 e. The third-order valence-corrected chi connectivity index (χ3v) is 4.34. The first-order valence-corrected chi connectivity index (χ1v) is 8.40. The van der Waals surface area contributed by atoms with Gasteiger partial charge < -0.3 is 13.9 Å². The second kappa shape index (κ2) is 7.61. The fourth-order valence-electron chi connectivity index (χ4n) is 2.91. The van der Waals surface area contributed by atoms with Crippen LogP contribution in [-0.2, 0) is 22.6 Å². The summed E-state index contributed by atoms with van der Waals surface area (Å²) in [5.74, 6) is -0.308. The molecule has 0 atom stereocenters. The number of carbonyl (C=O) groups is 1. The van der Waals surface area contributed by atoms with E-state index in [-0.39, 0.29) is 24.4 Å². The molecule has 0 N–H and O–H groups in total. The Kier molecular flexibility index (Phi) is 5.26. The minimum absolute atomic E-state index is 0.175. The predicted molar refractivity (Wildman–Crippen MR) is 98.4 cm³/mol. The zero-order valence-electron chi connectivity index (χ0n) is 15.3. The van der Waals surface area contributed by atoms with Gasteiger partial charge in [0.15, 0.2) is 0 Å². The largest absolute Gasteiger partial charge is 0.488 e. The van der Waals surface area contributed by atoms with E-state index >= 15 is 0 Å². The molecule has 0 saturated heterocycles. The Bertz CT molecular complexity index is 1050. The van der Waals surface area contributed by atoms with Crippen LogP contribution in [0.2, 0.25) is 0 Å². The zero-order valence-corrected chi connectivity index (χ0v) is 15.3. The molecule has 140 valence electrons. The number of hydrogen-bond acceptors (Lipinski definition) is 5. The van der Waals surface area contributed by atoms with Gasteiger partial charge in [-0.3, -0.25) is 4.79 Å². The van der Waals surface area contributed by atoms with Crippen LogP contribution in [-0.4, -0.2) is 13.1 Å². The normalized spacial score (nSPS) is 10.8. The number of aryl methyl sites for hydroxylation is 2. The van der Waals surface area contributed by atoms with Crippen LogP contribution in [0.3, 0.4) is 0 Å². The minimum atomic E-state index is -0.569. The first-order chi connectivity index (χ1) is 12.9. The second-order valence-electron chi connectivity index (χ2n) is 6.30. The number of halogens is 1. The maximum atomic E-state index is 13.1. The first kappa shape index (κ1) is 18.6. The Balaban J connectivity index is 2.05. The quantitative estimate of drug-likeness (QED) is 0.504. The fourth-order valence-corrected chi connectivity index (χ4v) is 2.91. The average Bonchev–Trinajstić information content (AvgIpc) is 2.63. The molecular formula is C21H19FO5. The van der Waals surface area contributed by atoms with Crippen LogP contribution in [0.1, 0.15) is 22.3 Å². The average molecular weight is 370 g/mol. The van der Waals surface area contributed by atoms with Crippen LogP contribution >= 0.6 is 0 Å². The first-order valence-electron chi connectivity index (χ1n) is 8.40. The predicted octanol–water partition coefficient (Wildman–Crippen LogP) is 3.84. The van der Waals surface area contributed by atoms with Crippen LogP contribution in [0.25, 0.3) is 11.0 Å². The van der Waals surface area contributed by atoms with Crippen LogP contribution in [0.15, 0.2) is 45.6 Å². The summed E-state index contributed by atoms with van der Waals surface area (Å²) in [6.07, 6.45) is -0.175. The number of carbonyl (C=O) groups excluding carboxylic acids is 1. The molecule has 0 radical (unpaired) electrons. The lowest BCUT2D eigenvalue weighted by Crippen LogP contribution is -2.16. The number of rotatable bonds is 5. The van der Waals surface area contributed by atoms with E-state index in [0.717, 1.165) is 11.1 Å². The molecule has 0 amide bonds. The zero-order chi connectivity index (χ0) is 19.6. The highest BCUT2D eigenvalue weighted by atomic mass is 19.1. The van der Waals surface area contributed by atoms with Crippen molar-refractivity contribution in [1.29, 1.82) is 0 Å². The smallest absolute Gasteiger partial charge is 0.340 e. The van der Waals surface area contributed by atoms with E-state index in [1.54, 1.807) is 25.1 Å². The van der Waals surface area contributed by atoms with Gasteiger partial charge in [0.2, 0.25) is 0 Å². The van der Waals surface area contributed by atoms with Crippen LogP contribution in [0, 0.1) is 19.7 Å². The van der Waals surface area contributed by atoms with Crippen molar-refractivity contribution in [2.45, 2.75) is 26.9 Å². The topological polar surface area (TPSA) is 65.7 Å². The molecule has 2 aromatic carbocycles. The number of esters is 1. The molecule has 0 aliphatic rings. The van der Waals surface area contributed by atoms with Crippen molar-refractivity contribution < 1.29 is 23.1 Å². The summed E-state index contributed by atoms with van der Waals surface area (Å²) in [5, 5.41) is 0.626. The third-order valence-electron chi connectivity index (χ3n) is 4.34. The van der Waals surface area contributed by atoms with Gasteiger partial charge in [-0.15, -0.1) is 0 Å². The number of ether oxygens (including phenoxy) is 2. The van der Waals surface area contributed by atoms with Crippen molar-refractivity contribution in [2.75, 3.05) is 7.11 Å². The van der Waals surface area contributed by atoms with E-state index in [2.05, 4.69) is 4.74 Å². The molecule has 6 heteroatoms. The molecule has 0 aliphatic heterocycles. The maximum absolute atomic E-state index is 13.1. The Hall–Kier alpha value is -3.15. The molecule has 27 heavy (non-hydrogen) atoms. The van der Waals surface area contributed by atoms with Crippen molar-refractivity contribution in [3.05, 3.63) is 74.9 Å². The molecule has 0 spiro atoms. The SMILES string of the molecule is COC(=O)Cc1c(C)c2c(OCc3ccc(F)cc3)cc(C)cc2oc1=O. The summed E-state index contributed by atoms with van der Waals surface area (Å²) in [6, 6.07) is 9.60. The Morgan fingerprint density at radius 3 is 2.52 bits per heavy atom. The Morgan fingerprint density at radius 2 is 1.85 bits per heavy atom. The van der Waals surface area contributed by atoms with Crippen molar-refractivity contribution in [1.82, 2.24) is 0 Å². The summed E-state index contributed by atoms with van der Waals surface area (Å²) in [4.78, 5) is 23.9. The monoisotopic (exact) mass is 370 g/mol. The van der Waals surface area contributed by atoms with Crippen molar-refractivity contribution in [3.8, 4) is 5.75 Å². The van der Waals surface area contributed by atoms with Gasteiger partial charge in [-0.1, -0.05) is 12.1 Å². The molecule has 1 heterocycles. The molecule has 5 nitrogen and oxygen atoms in total. The van der Waals surface area contributed by atoms with Gasteiger partial charge in [0.05, 0.1) is 24.5 Å². The fraction of sp³-hybridized carbons (Fsp3) is 0.238. The van der Waals surface area contributed by atoms with E-state index in [0.29, 0.717) is 22.3 Å². The lowest BCUT2D eigenvalue weighted by molar-refractivity contribution is -0.139. The van der Waals surface area contributed by atoms with Crippen LogP contribution in [0.5, 0.6) is 5.75 Å². The van der Waals surface area contributed by atoms with Gasteiger partial charge >= 0.3 is 11.6 Å². The summed E-state index contributed by atoms with van der Waals surface area (Å²) in [5.41, 5.74) is 2.34. The summed E-state index contributed by atoms with van der Waals surface area (Å²) in [7, 11) is 1.26. The highest BCUT2D eigenvalue weighted by molar-refractivity contribution is 5.89. The molecule has 0 aliphatic carbocycles. The molecule has 0 saturated carbocycles. The summed E-state index contributed by atoms with van der Waals surface area (Å²) >= 11 is 0. The summed E-state index contributed by atoms with van der Waals surface area (Å²) < 4.78 is 29.1. The van der Waals surface area contributed by atoms with Gasteiger partial charge in [-0.2, -0.15) is 0 Å². The van der Waals surface area contributed by atoms with Crippen LogP contribution < -0.4 is 10.4 Å². The van der Waals surface area contributed by atoms with Gasteiger partial charge in [-0.25, -0.2) is 9.18 Å². The molecule has 1 aromatic heterocycles.